The topological polar surface area (TPSA) is 57.6 Å². The van der Waals surface area contributed by atoms with Crippen LogP contribution in [0.5, 0.6) is 0 Å². The molecule has 0 amide bonds. The van der Waals surface area contributed by atoms with Gasteiger partial charge in [-0.1, -0.05) is 31.5 Å². The number of halogens is 1. The second-order valence-electron chi connectivity index (χ2n) is 5.20. The monoisotopic (exact) mass is 303 g/mol. The molecule has 1 aromatic carbocycles. The van der Waals surface area contributed by atoms with Crippen LogP contribution in [0.15, 0.2) is 23.1 Å². The fourth-order valence-electron chi connectivity index (χ4n) is 2.26. The summed E-state index contributed by atoms with van der Waals surface area (Å²) in [6.45, 7) is 4.93. The SMILES string of the molecule is CC1CN(S(=O)(=O)c2cc(CO)ccc2Cl)CC1C. The third kappa shape index (κ3) is 2.79. The van der Waals surface area contributed by atoms with Crippen LogP contribution in [0, 0.1) is 11.8 Å². The van der Waals surface area contributed by atoms with E-state index in [4.69, 9.17) is 16.7 Å². The van der Waals surface area contributed by atoms with Crippen LogP contribution in [0.1, 0.15) is 19.4 Å². The Morgan fingerprint density at radius 1 is 1.32 bits per heavy atom. The van der Waals surface area contributed by atoms with E-state index in [0.29, 0.717) is 30.5 Å². The van der Waals surface area contributed by atoms with Crippen LogP contribution in [0.25, 0.3) is 0 Å². The minimum Gasteiger partial charge on any atom is -0.392 e. The first-order chi connectivity index (χ1) is 8.86. The van der Waals surface area contributed by atoms with Gasteiger partial charge in [-0.15, -0.1) is 0 Å². The van der Waals surface area contributed by atoms with Crippen molar-refractivity contribution in [3.63, 3.8) is 0 Å². The van der Waals surface area contributed by atoms with Crippen molar-refractivity contribution in [1.29, 1.82) is 0 Å². The van der Waals surface area contributed by atoms with E-state index >= 15 is 0 Å². The Balaban J connectivity index is 2.40. The Kier molecular flexibility index (Phi) is 4.20. The molecule has 0 aliphatic carbocycles. The molecule has 0 aromatic heterocycles. The van der Waals surface area contributed by atoms with Crippen molar-refractivity contribution in [1.82, 2.24) is 4.31 Å². The Bertz CT molecular complexity index is 563. The van der Waals surface area contributed by atoms with Crippen molar-refractivity contribution in [2.45, 2.75) is 25.3 Å². The van der Waals surface area contributed by atoms with Gasteiger partial charge in [0.25, 0.3) is 0 Å². The molecule has 0 bridgehead atoms. The van der Waals surface area contributed by atoms with Gasteiger partial charge in [0, 0.05) is 13.1 Å². The van der Waals surface area contributed by atoms with Crippen LogP contribution in [-0.2, 0) is 16.6 Å². The van der Waals surface area contributed by atoms with Gasteiger partial charge in [-0.05, 0) is 29.5 Å². The molecule has 1 aliphatic heterocycles. The Labute approximate surface area is 119 Å². The number of nitrogens with zero attached hydrogens (tertiary/aromatic N) is 1. The second kappa shape index (κ2) is 5.40. The fourth-order valence-corrected chi connectivity index (χ4v) is 4.42. The van der Waals surface area contributed by atoms with Crippen LogP contribution in [0.3, 0.4) is 0 Å². The van der Waals surface area contributed by atoms with E-state index in [1.807, 2.05) is 13.8 Å². The smallest absolute Gasteiger partial charge is 0.244 e. The van der Waals surface area contributed by atoms with Crippen molar-refractivity contribution in [3.05, 3.63) is 28.8 Å². The van der Waals surface area contributed by atoms with Gasteiger partial charge in [-0.25, -0.2) is 8.42 Å². The summed E-state index contributed by atoms with van der Waals surface area (Å²) in [6, 6.07) is 4.59. The molecule has 106 valence electrons. The summed E-state index contributed by atoms with van der Waals surface area (Å²) < 4.78 is 26.6. The van der Waals surface area contributed by atoms with E-state index in [9.17, 15) is 8.42 Å². The minimum atomic E-state index is -3.58. The maximum Gasteiger partial charge on any atom is 0.244 e. The molecule has 1 heterocycles. The lowest BCUT2D eigenvalue weighted by atomic mass is 10.0. The molecule has 0 spiro atoms. The van der Waals surface area contributed by atoms with Gasteiger partial charge >= 0.3 is 0 Å². The number of hydrogen-bond donors (Lipinski definition) is 1. The summed E-state index contributed by atoms with van der Waals surface area (Å²) in [5, 5.41) is 9.32. The lowest BCUT2D eigenvalue weighted by Crippen LogP contribution is -2.29. The van der Waals surface area contributed by atoms with Gasteiger partial charge in [0.05, 0.1) is 11.6 Å². The summed E-state index contributed by atoms with van der Waals surface area (Å²) in [6.07, 6.45) is 0. The normalized spacial score (nSPS) is 24.8. The predicted octanol–water partition coefficient (Wildman–Crippen LogP) is 2.11. The van der Waals surface area contributed by atoms with E-state index in [2.05, 4.69) is 0 Å². The fraction of sp³-hybridized carbons (Fsp3) is 0.538. The van der Waals surface area contributed by atoms with Crippen molar-refractivity contribution < 1.29 is 13.5 Å². The molecule has 1 fully saturated rings. The first kappa shape index (κ1) is 14.8. The van der Waals surface area contributed by atoms with Crippen molar-refractivity contribution in [2.24, 2.45) is 11.8 Å². The highest BCUT2D eigenvalue weighted by Crippen LogP contribution is 2.31. The highest BCUT2D eigenvalue weighted by molar-refractivity contribution is 7.89. The van der Waals surface area contributed by atoms with E-state index < -0.39 is 10.0 Å². The van der Waals surface area contributed by atoms with Crippen molar-refractivity contribution in [3.8, 4) is 0 Å². The summed E-state index contributed by atoms with van der Waals surface area (Å²) in [5.41, 5.74) is 0.545. The molecule has 2 atom stereocenters. The molecule has 4 nitrogen and oxygen atoms in total. The van der Waals surface area contributed by atoms with E-state index in [0.717, 1.165) is 0 Å². The first-order valence-corrected chi connectivity index (χ1v) is 8.07. The van der Waals surface area contributed by atoms with Crippen LogP contribution in [0.4, 0.5) is 0 Å². The average molecular weight is 304 g/mol. The lowest BCUT2D eigenvalue weighted by molar-refractivity contribution is 0.281. The molecule has 1 N–H and O–H groups in total. The largest absolute Gasteiger partial charge is 0.392 e. The molecule has 1 saturated heterocycles. The van der Waals surface area contributed by atoms with Gasteiger partial charge in [-0.2, -0.15) is 4.31 Å². The average Bonchev–Trinajstić information content (AvgIpc) is 2.71. The number of aliphatic hydroxyl groups excluding tert-OH is 1. The second-order valence-corrected chi connectivity index (χ2v) is 7.51. The van der Waals surface area contributed by atoms with E-state index in [1.54, 1.807) is 6.07 Å². The zero-order valence-electron chi connectivity index (χ0n) is 11.0. The van der Waals surface area contributed by atoms with Gasteiger partial charge in [0.1, 0.15) is 4.90 Å². The number of benzene rings is 1. The number of sulfonamides is 1. The van der Waals surface area contributed by atoms with Crippen molar-refractivity contribution in [2.75, 3.05) is 13.1 Å². The highest BCUT2D eigenvalue weighted by atomic mass is 35.5. The first-order valence-electron chi connectivity index (χ1n) is 6.25. The zero-order valence-corrected chi connectivity index (χ0v) is 12.6. The number of rotatable bonds is 3. The van der Waals surface area contributed by atoms with Crippen LogP contribution < -0.4 is 0 Å². The van der Waals surface area contributed by atoms with Crippen LogP contribution in [-0.4, -0.2) is 30.9 Å². The molecular formula is C13H18ClNO3S. The van der Waals surface area contributed by atoms with Crippen molar-refractivity contribution >= 4 is 21.6 Å². The standard InChI is InChI=1S/C13H18ClNO3S/c1-9-6-15(7-10(9)2)19(17,18)13-5-11(8-16)3-4-12(13)14/h3-5,9-10,16H,6-8H2,1-2H3. The number of aliphatic hydroxyl groups is 1. The third-order valence-corrected chi connectivity index (χ3v) is 6.06. The van der Waals surface area contributed by atoms with Gasteiger partial charge in [0.15, 0.2) is 0 Å². The molecule has 0 saturated carbocycles. The highest BCUT2D eigenvalue weighted by Gasteiger charge is 2.35. The predicted molar refractivity (Wildman–Crippen MR) is 74.5 cm³/mol. The molecule has 1 aromatic rings. The quantitative estimate of drug-likeness (QED) is 0.930. The summed E-state index contributed by atoms with van der Waals surface area (Å²) in [4.78, 5) is 0.0852. The Morgan fingerprint density at radius 3 is 2.42 bits per heavy atom. The Hall–Kier alpha value is -0.620. The molecule has 2 unspecified atom stereocenters. The lowest BCUT2D eigenvalue weighted by Gasteiger charge is -2.17. The number of hydrogen-bond acceptors (Lipinski definition) is 3. The zero-order chi connectivity index (χ0) is 14.2. The molecule has 0 radical (unpaired) electrons. The maximum absolute atomic E-state index is 12.6. The van der Waals surface area contributed by atoms with E-state index in [-0.39, 0.29) is 16.5 Å². The third-order valence-electron chi connectivity index (χ3n) is 3.75. The molecule has 6 heteroatoms. The summed E-state index contributed by atoms with van der Waals surface area (Å²) in [5.74, 6) is 0.684. The van der Waals surface area contributed by atoms with Gasteiger partial charge in [0.2, 0.25) is 10.0 Å². The van der Waals surface area contributed by atoms with Crippen LogP contribution >= 0.6 is 11.6 Å². The maximum atomic E-state index is 12.6. The summed E-state index contributed by atoms with van der Waals surface area (Å²) >= 11 is 6.00. The van der Waals surface area contributed by atoms with Crippen LogP contribution in [0.2, 0.25) is 5.02 Å². The molecule has 2 rings (SSSR count). The van der Waals surface area contributed by atoms with Gasteiger partial charge < -0.3 is 5.11 Å². The minimum absolute atomic E-state index is 0.0852. The Morgan fingerprint density at radius 2 is 1.89 bits per heavy atom. The van der Waals surface area contributed by atoms with Gasteiger partial charge in [-0.3, -0.25) is 0 Å². The molecule has 19 heavy (non-hydrogen) atoms. The van der Waals surface area contributed by atoms with E-state index in [1.165, 1.54) is 16.4 Å². The summed E-state index contributed by atoms with van der Waals surface area (Å²) in [7, 11) is -3.58. The molecule has 1 aliphatic rings. The molecular weight excluding hydrogens is 286 g/mol.